The Labute approximate surface area is 127 Å². The Morgan fingerprint density at radius 2 is 2.09 bits per heavy atom. The first kappa shape index (κ1) is 15.6. The summed E-state index contributed by atoms with van der Waals surface area (Å²) in [7, 11) is 1.36. The highest BCUT2D eigenvalue weighted by Gasteiger charge is 2.10. The minimum absolute atomic E-state index is 0.109. The molecule has 0 saturated heterocycles. The zero-order chi connectivity index (χ0) is 15.9. The van der Waals surface area contributed by atoms with Gasteiger partial charge in [-0.25, -0.2) is 9.59 Å². The number of carbonyl (C=O) groups is 1. The van der Waals surface area contributed by atoms with Crippen LogP contribution in [0, 0.1) is 0 Å². The average molecular weight is 306 g/mol. The number of hydrogen-bond acceptors (Lipinski definition) is 5. The van der Waals surface area contributed by atoms with Gasteiger partial charge in [0.05, 0.1) is 12.8 Å². The highest BCUT2D eigenvalue weighted by Crippen LogP contribution is 2.13. The van der Waals surface area contributed by atoms with Crippen LogP contribution in [0.15, 0.2) is 33.5 Å². The number of nitrogens with one attached hydrogen (secondary N) is 2. The summed E-state index contributed by atoms with van der Waals surface area (Å²) in [5, 5.41) is 9.31. The number of hydrogen-bond donors (Lipinski definition) is 2. The number of nitrogens with zero attached hydrogens (tertiary/aromatic N) is 2. The molecular formula is C14H18N4O4. The lowest BCUT2D eigenvalue weighted by Gasteiger charge is -2.07. The SMILES string of the molecule is CCCCNC(=O)Nc1ccc(-n2nc(OC)oc2=O)cc1. The molecule has 0 atom stereocenters. The van der Waals surface area contributed by atoms with E-state index < -0.39 is 5.76 Å². The van der Waals surface area contributed by atoms with Crippen LogP contribution >= 0.6 is 0 Å². The second-order valence-electron chi connectivity index (χ2n) is 4.53. The van der Waals surface area contributed by atoms with Crippen molar-refractivity contribution in [1.29, 1.82) is 0 Å². The summed E-state index contributed by atoms with van der Waals surface area (Å²) in [6, 6.07) is 6.36. The third-order valence-corrected chi connectivity index (χ3v) is 2.89. The topological polar surface area (TPSA) is 98.4 Å². The van der Waals surface area contributed by atoms with Gasteiger partial charge < -0.3 is 19.8 Å². The normalized spacial score (nSPS) is 10.3. The minimum atomic E-state index is -0.644. The van der Waals surface area contributed by atoms with Crippen molar-refractivity contribution in [2.45, 2.75) is 19.8 Å². The number of carbonyl (C=O) groups excluding carboxylic acids is 1. The van der Waals surface area contributed by atoms with E-state index in [2.05, 4.69) is 22.7 Å². The second-order valence-corrected chi connectivity index (χ2v) is 4.53. The van der Waals surface area contributed by atoms with Crippen LogP contribution in [0.4, 0.5) is 10.5 Å². The molecule has 8 heteroatoms. The number of aromatic nitrogens is 2. The van der Waals surface area contributed by atoms with E-state index in [9.17, 15) is 9.59 Å². The number of rotatable bonds is 6. The van der Waals surface area contributed by atoms with Crippen LogP contribution < -0.4 is 21.1 Å². The molecule has 0 bridgehead atoms. The van der Waals surface area contributed by atoms with Gasteiger partial charge >= 0.3 is 17.9 Å². The lowest BCUT2D eigenvalue weighted by Crippen LogP contribution is -2.29. The van der Waals surface area contributed by atoms with Crippen LogP contribution in [0.2, 0.25) is 0 Å². The molecule has 0 aliphatic rings. The first-order chi connectivity index (χ1) is 10.6. The lowest BCUT2D eigenvalue weighted by atomic mass is 10.3. The highest BCUT2D eigenvalue weighted by molar-refractivity contribution is 5.89. The second kappa shape index (κ2) is 7.30. The average Bonchev–Trinajstić information content (AvgIpc) is 2.89. The van der Waals surface area contributed by atoms with Crippen LogP contribution in [0.25, 0.3) is 5.69 Å². The van der Waals surface area contributed by atoms with Crippen molar-refractivity contribution in [1.82, 2.24) is 15.1 Å². The molecule has 2 amide bonds. The molecule has 0 aliphatic carbocycles. The smallest absolute Gasteiger partial charge is 0.444 e. The van der Waals surface area contributed by atoms with Gasteiger partial charge in [-0.2, -0.15) is 4.68 Å². The number of benzene rings is 1. The van der Waals surface area contributed by atoms with Crippen molar-refractivity contribution in [2.24, 2.45) is 0 Å². The number of urea groups is 1. The number of anilines is 1. The Bertz CT molecular complexity index is 675. The quantitative estimate of drug-likeness (QED) is 0.792. The van der Waals surface area contributed by atoms with Crippen LogP contribution in [-0.4, -0.2) is 29.5 Å². The summed E-state index contributed by atoms with van der Waals surface area (Å²) in [5.74, 6) is -0.644. The van der Waals surface area contributed by atoms with Crippen LogP contribution in [0.1, 0.15) is 19.8 Å². The van der Waals surface area contributed by atoms with Gasteiger partial charge in [-0.1, -0.05) is 18.4 Å². The van der Waals surface area contributed by atoms with Crippen LogP contribution in [-0.2, 0) is 0 Å². The van der Waals surface area contributed by atoms with Crippen molar-refractivity contribution >= 4 is 11.7 Å². The van der Waals surface area contributed by atoms with Gasteiger partial charge in [0, 0.05) is 12.2 Å². The van der Waals surface area contributed by atoms with E-state index in [1.807, 2.05) is 0 Å². The van der Waals surface area contributed by atoms with E-state index in [0.29, 0.717) is 17.9 Å². The molecule has 2 rings (SSSR count). The molecular weight excluding hydrogens is 288 g/mol. The molecule has 1 heterocycles. The van der Waals surface area contributed by atoms with E-state index >= 15 is 0 Å². The highest BCUT2D eigenvalue weighted by atomic mass is 16.6. The molecule has 1 aromatic heterocycles. The largest absolute Gasteiger partial charge is 0.452 e. The molecule has 0 aliphatic heterocycles. The molecule has 2 aromatic rings. The van der Waals surface area contributed by atoms with Gasteiger partial charge in [-0.05, 0) is 30.7 Å². The Kier molecular flexibility index (Phi) is 5.18. The molecule has 1 aromatic carbocycles. The van der Waals surface area contributed by atoms with E-state index in [0.717, 1.165) is 17.5 Å². The summed E-state index contributed by atoms with van der Waals surface area (Å²) in [6.45, 7) is 2.69. The number of ether oxygens (including phenoxy) is 1. The number of methoxy groups -OCH3 is 1. The zero-order valence-electron chi connectivity index (χ0n) is 12.5. The van der Waals surface area contributed by atoms with Crippen molar-refractivity contribution in [2.75, 3.05) is 19.0 Å². The van der Waals surface area contributed by atoms with Crippen molar-refractivity contribution in [3.8, 4) is 11.8 Å². The lowest BCUT2D eigenvalue weighted by molar-refractivity contribution is 0.252. The molecule has 0 saturated carbocycles. The molecule has 8 nitrogen and oxygen atoms in total. The number of amides is 2. The summed E-state index contributed by atoms with van der Waals surface area (Å²) in [4.78, 5) is 23.2. The summed E-state index contributed by atoms with van der Waals surface area (Å²) >= 11 is 0. The monoisotopic (exact) mass is 306 g/mol. The Balaban J connectivity index is 2.02. The predicted molar refractivity (Wildman–Crippen MR) is 80.6 cm³/mol. The molecule has 0 radical (unpaired) electrons. The molecule has 118 valence electrons. The van der Waals surface area contributed by atoms with Gasteiger partial charge in [-0.3, -0.25) is 0 Å². The summed E-state index contributed by atoms with van der Waals surface area (Å²) in [5.41, 5.74) is 1.12. The maximum Gasteiger partial charge on any atom is 0.444 e. The summed E-state index contributed by atoms with van der Waals surface area (Å²) in [6.07, 6.45) is 1.84. The molecule has 0 fully saturated rings. The molecule has 0 spiro atoms. The number of unbranched alkanes of at least 4 members (excludes halogenated alkanes) is 1. The molecule has 0 unspecified atom stereocenters. The fourth-order valence-electron chi connectivity index (χ4n) is 1.75. The molecule has 22 heavy (non-hydrogen) atoms. The maximum absolute atomic E-state index is 11.6. The fraction of sp³-hybridized carbons (Fsp3) is 0.357. The van der Waals surface area contributed by atoms with Crippen LogP contribution in [0.5, 0.6) is 6.08 Å². The van der Waals surface area contributed by atoms with Gasteiger partial charge in [-0.15, -0.1) is 0 Å². The Morgan fingerprint density at radius 1 is 1.36 bits per heavy atom. The first-order valence-corrected chi connectivity index (χ1v) is 6.93. The van der Waals surface area contributed by atoms with Gasteiger partial charge in [0.2, 0.25) is 0 Å². The third-order valence-electron chi connectivity index (χ3n) is 2.89. The Morgan fingerprint density at radius 3 is 2.68 bits per heavy atom. The van der Waals surface area contributed by atoms with Crippen molar-refractivity contribution < 1.29 is 13.9 Å². The standard InChI is InChI=1S/C14H18N4O4/c1-3-4-9-15-12(19)16-10-5-7-11(8-6-10)18-14(20)22-13(17-18)21-2/h5-8H,3-4,9H2,1-2H3,(H2,15,16,19). The van der Waals surface area contributed by atoms with Crippen LogP contribution in [0.3, 0.4) is 0 Å². The van der Waals surface area contributed by atoms with Gasteiger partial charge in [0.25, 0.3) is 0 Å². The third kappa shape index (κ3) is 3.87. The van der Waals surface area contributed by atoms with E-state index in [1.54, 1.807) is 24.3 Å². The maximum atomic E-state index is 11.6. The Hall–Kier alpha value is -2.77. The van der Waals surface area contributed by atoms with Gasteiger partial charge in [0.1, 0.15) is 0 Å². The van der Waals surface area contributed by atoms with E-state index in [-0.39, 0.29) is 12.1 Å². The molecule has 2 N–H and O–H groups in total. The van der Waals surface area contributed by atoms with E-state index in [1.165, 1.54) is 7.11 Å². The van der Waals surface area contributed by atoms with Gasteiger partial charge in [0.15, 0.2) is 0 Å². The minimum Gasteiger partial charge on any atom is -0.452 e. The van der Waals surface area contributed by atoms with E-state index in [4.69, 9.17) is 9.15 Å². The summed E-state index contributed by atoms with van der Waals surface area (Å²) < 4.78 is 10.6. The predicted octanol–water partition coefficient (Wildman–Crippen LogP) is 1.76. The fourth-order valence-corrected chi connectivity index (χ4v) is 1.75. The van der Waals surface area contributed by atoms with Crippen molar-refractivity contribution in [3.05, 3.63) is 34.8 Å². The van der Waals surface area contributed by atoms with Crippen molar-refractivity contribution in [3.63, 3.8) is 0 Å². The zero-order valence-corrected chi connectivity index (χ0v) is 12.5. The first-order valence-electron chi connectivity index (χ1n) is 6.93.